The first-order valence-electron chi connectivity index (χ1n) is 2.92. The Morgan fingerprint density at radius 1 is 1.67 bits per heavy atom. The summed E-state index contributed by atoms with van der Waals surface area (Å²) in [5.41, 5.74) is 1.25. The van der Waals surface area contributed by atoms with Crippen molar-refractivity contribution in [3.05, 3.63) is 34.3 Å². The summed E-state index contributed by atoms with van der Waals surface area (Å²) in [6.07, 6.45) is 0. The summed E-state index contributed by atoms with van der Waals surface area (Å²) >= 11 is 3.36. The summed E-state index contributed by atoms with van der Waals surface area (Å²) in [6.45, 7) is 1.80. The van der Waals surface area contributed by atoms with Gasteiger partial charge in [0, 0.05) is 32.7 Å². The molecule has 1 N–H and O–H groups in total. The van der Waals surface area contributed by atoms with E-state index in [-0.39, 0.29) is 39.2 Å². The first-order valence-corrected chi connectivity index (χ1v) is 3.71. The fourth-order valence-electron chi connectivity index (χ4n) is 0.488. The molecule has 0 aliphatic rings. The van der Waals surface area contributed by atoms with E-state index in [1.807, 2.05) is 18.2 Å². The van der Waals surface area contributed by atoms with E-state index in [2.05, 4.69) is 28.9 Å². The quantitative estimate of drug-likeness (QED) is 0.590. The second-order valence-electron chi connectivity index (χ2n) is 1.78. The molecule has 0 bridgehead atoms. The molecule has 0 spiro atoms. The maximum Gasteiger partial charge on any atom is 0.290 e. The SMILES string of the molecule is Cc1cc[c-]cc1Br.O=CO.[Y]. The molecule has 0 aliphatic heterocycles. The van der Waals surface area contributed by atoms with Gasteiger partial charge in [-0.15, -0.1) is 21.5 Å². The normalized spacial score (nSPS) is 7.17. The molecule has 0 atom stereocenters. The van der Waals surface area contributed by atoms with Crippen molar-refractivity contribution >= 4 is 22.4 Å². The molecule has 12 heavy (non-hydrogen) atoms. The Kier molecular flexibility index (Phi) is 11.5. The first-order chi connectivity index (χ1) is 5.22. The predicted molar refractivity (Wildman–Crippen MR) is 46.4 cm³/mol. The minimum absolute atomic E-state index is 0. The van der Waals surface area contributed by atoms with E-state index in [0.29, 0.717) is 0 Å². The third kappa shape index (κ3) is 6.95. The monoisotopic (exact) mass is 304 g/mol. The van der Waals surface area contributed by atoms with E-state index in [1.165, 1.54) is 5.56 Å². The third-order valence-corrected chi connectivity index (χ3v) is 1.87. The Labute approximate surface area is 105 Å². The summed E-state index contributed by atoms with van der Waals surface area (Å²) < 4.78 is 1.13. The molecule has 0 amide bonds. The van der Waals surface area contributed by atoms with Crippen LogP contribution in [-0.2, 0) is 37.5 Å². The van der Waals surface area contributed by atoms with Crippen molar-refractivity contribution in [2.24, 2.45) is 0 Å². The average molecular weight is 305 g/mol. The van der Waals surface area contributed by atoms with Crippen LogP contribution in [0.1, 0.15) is 5.56 Å². The maximum absolute atomic E-state index is 8.36. The molecule has 1 aromatic carbocycles. The van der Waals surface area contributed by atoms with Gasteiger partial charge < -0.3 is 5.11 Å². The molecule has 1 aromatic rings. The van der Waals surface area contributed by atoms with Gasteiger partial charge in [-0.3, -0.25) is 4.79 Å². The molecule has 63 valence electrons. The fourth-order valence-corrected chi connectivity index (χ4v) is 0.752. The molecular formula is C8H8BrO2Y-. The van der Waals surface area contributed by atoms with Gasteiger partial charge in [-0.25, -0.2) is 0 Å². The van der Waals surface area contributed by atoms with Crippen molar-refractivity contribution in [1.29, 1.82) is 0 Å². The van der Waals surface area contributed by atoms with Gasteiger partial charge in [0.15, 0.2) is 0 Å². The van der Waals surface area contributed by atoms with Crippen LogP contribution in [0.4, 0.5) is 0 Å². The summed E-state index contributed by atoms with van der Waals surface area (Å²) in [7, 11) is 0. The zero-order valence-corrected chi connectivity index (χ0v) is 11.0. The largest absolute Gasteiger partial charge is 0.483 e. The van der Waals surface area contributed by atoms with Crippen LogP contribution in [0.15, 0.2) is 22.7 Å². The van der Waals surface area contributed by atoms with Gasteiger partial charge >= 0.3 is 0 Å². The molecule has 0 unspecified atom stereocenters. The fraction of sp³-hybridized carbons (Fsp3) is 0.125. The molecule has 0 saturated carbocycles. The molecule has 0 saturated heterocycles. The summed E-state index contributed by atoms with van der Waals surface area (Å²) in [5.74, 6) is 0. The minimum atomic E-state index is -0.250. The Balaban J connectivity index is 0. The van der Waals surface area contributed by atoms with Crippen LogP contribution in [-0.4, -0.2) is 11.6 Å². The summed E-state index contributed by atoms with van der Waals surface area (Å²) in [5, 5.41) is 6.89. The zero-order valence-electron chi connectivity index (χ0n) is 6.62. The Hall–Kier alpha value is 0.274. The number of aryl methyl sites for hydroxylation is 1. The van der Waals surface area contributed by atoms with E-state index in [0.717, 1.165) is 4.47 Å². The van der Waals surface area contributed by atoms with Crippen molar-refractivity contribution in [3.63, 3.8) is 0 Å². The minimum Gasteiger partial charge on any atom is -0.483 e. The maximum atomic E-state index is 8.36. The standard InChI is InChI=1S/C7H6Br.CH2O2.Y/c1-6-4-2-3-5-7(6)8;2-1-3;/h2,4-5H,1H3;1H,(H,2,3);/q-1;;. The van der Waals surface area contributed by atoms with E-state index in [9.17, 15) is 0 Å². The van der Waals surface area contributed by atoms with Gasteiger partial charge in [-0.1, -0.05) is 11.4 Å². The van der Waals surface area contributed by atoms with Crippen molar-refractivity contribution in [1.82, 2.24) is 0 Å². The van der Waals surface area contributed by atoms with Crippen LogP contribution in [0.25, 0.3) is 0 Å². The van der Waals surface area contributed by atoms with Crippen LogP contribution in [0, 0.1) is 13.0 Å². The number of rotatable bonds is 0. The van der Waals surface area contributed by atoms with Gasteiger partial charge in [0.1, 0.15) is 0 Å². The second-order valence-corrected chi connectivity index (χ2v) is 2.64. The second kappa shape index (κ2) is 9.36. The number of hydrogen-bond donors (Lipinski definition) is 1. The van der Waals surface area contributed by atoms with Crippen molar-refractivity contribution in [3.8, 4) is 0 Å². The van der Waals surface area contributed by atoms with Gasteiger partial charge in [0.2, 0.25) is 0 Å². The Bertz CT molecular complexity index is 207. The Morgan fingerprint density at radius 3 is 2.42 bits per heavy atom. The van der Waals surface area contributed by atoms with Crippen LogP contribution in [0.3, 0.4) is 0 Å². The van der Waals surface area contributed by atoms with Crippen LogP contribution < -0.4 is 0 Å². The van der Waals surface area contributed by atoms with Crippen molar-refractivity contribution < 1.29 is 42.6 Å². The average Bonchev–Trinajstić information content (AvgIpc) is 1.97. The molecular weight excluding hydrogens is 297 g/mol. The molecule has 1 radical (unpaired) electrons. The Morgan fingerprint density at radius 2 is 2.17 bits per heavy atom. The first kappa shape index (κ1) is 14.8. The van der Waals surface area contributed by atoms with Crippen LogP contribution in [0.5, 0.6) is 0 Å². The van der Waals surface area contributed by atoms with Crippen molar-refractivity contribution in [2.75, 3.05) is 0 Å². The molecule has 0 heterocycles. The zero-order chi connectivity index (χ0) is 8.69. The molecule has 2 nitrogen and oxygen atoms in total. The number of halogens is 1. The molecule has 0 aliphatic carbocycles. The number of hydrogen-bond acceptors (Lipinski definition) is 1. The summed E-state index contributed by atoms with van der Waals surface area (Å²) in [4.78, 5) is 8.36. The third-order valence-electron chi connectivity index (χ3n) is 1.02. The van der Waals surface area contributed by atoms with Gasteiger partial charge in [0.25, 0.3) is 6.47 Å². The van der Waals surface area contributed by atoms with Crippen molar-refractivity contribution in [2.45, 2.75) is 6.92 Å². The van der Waals surface area contributed by atoms with Crippen LogP contribution >= 0.6 is 15.9 Å². The predicted octanol–water partition coefficient (Wildman–Crippen LogP) is 2.26. The number of benzene rings is 1. The molecule has 0 fully saturated rings. The topological polar surface area (TPSA) is 37.3 Å². The molecule has 0 aromatic heterocycles. The summed E-state index contributed by atoms with van der Waals surface area (Å²) in [6, 6.07) is 8.79. The van der Waals surface area contributed by atoms with Crippen LogP contribution in [0.2, 0.25) is 0 Å². The molecule has 1 rings (SSSR count). The van der Waals surface area contributed by atoms with E-state index >= 15 is 0 Å². The smallest absolute Gasteiger partial charge is 0.290 e. The van der Waals surface area contributed by atoms with Gasteiger partial charge in [0.05, 0.1) is 0 Å². The molecule has 4 heteroatoms. The van der Waals surface area contributed by atoms with E-state index < -0.39 is 0 Å². The number of carboxylic acid groups (broad SMARTS) is 1. The van der Waals surface area contributed by atoms with Gasteiger partial charge in [-0.2, -0.15) is 24.3 Å². The van der Waals surface area contributed by atoms with Gasteiger partial charge in [-0.05, 0) is 0 Å². The van der Waals surface area contributed by atoms with E-state index in [4.69, 9.17) is 9.90 Å². The number of carbonyl (C=O) groups is 1. The van der Waals surface area contributed by atoms with E-state index in [1.54, 1.807) is 0 Å².